The number of carbonyl (C=O) groups excluding carboxylic acids is 2. The second-order valence-corrected chi connectivity index (χ2v) is 2.75. The topological polar surface area (TPSA) is 43.4 Å². The van der Waals surface area contributed by atoms with Crippen LogP contribution in [0.15, 0.2) is 12.1 Å². The minimum Gasteiger partial charge on any atom is -0.495 e. The number of hydrogen-bond donors (Lipinski definition) is 0. The number of ketones is 1. The maximum absolute atomic E-state index is 12.9. The largest absolute Gasteiger partial charge is 0.495 e. The van der Waals surface area contributed by atoms with E-state index < -0.39 is 5.82 Å². The SMILES string of the molecule is COc1c(C=O)cc(F)cc1C(C)=O. The van der Waals surface area contributed by atoms with Crippen LogP contribution >= 0.6 is 0 Å². The fourth-order valence-electron chi connectivity index (χ4n) is 1.19. The van der Waals surface area contributed by atoms with Gasteiger partial charge in [0.2, 0.25) is 0 Å². The minimum atomic E-state index is -0.627. The number of methoxy groups -OCH3 is 1. The molecule has 3 nitrogen and oxygen atoms in total. The van der Waals surface area contributed by atoms with Gasteiger partial charge in [-0.05, 0) is 19.1 Å². The average Bonchev–Trinajstić information content (AvgIpc) is 2.16. The highest BCUT2D eigenvalue weighted by Gasteiger charge is 2.14. The Hall–Kier alpha value is -1.71. The van der Waals surface area contributed by atoms with Crippen molar-refractivity contribution in [3.8, 4) is 5.75 Å². The lowest BCUT2D eigenvalue weighted by molar-refractivity contribution is 0.101. The van der Waals surface area contributed by atoms with Crippen LogP contribution in [0.4, 0.5) is 4.39 Å². The maximum atomic E-state index is 12.9. The zero-order valence-corrected chi connectivity index (χ0v) is 7.83. The van der Waals surface area contributed by atoms with Crippen LogP contribution in [0.25, 0.3) is 0 Å². The van der Waals surface area contributed by atoms with E-state index in [2.05, 4.69) is 0 Å². The van der Waals surface area contributed by atoms with Crippen molar-refractivity contribution in [3.63, 3.8) is 0 Å². The summed E-state index contributed by atoms with van der Waals surface area (Å²) in [4.78, 5) is 21.6. The highest BCUT2D eigenvalue weighted by atomic mass is 19.1. The molecule has 0 spiro atoms. The smallest absolute Gasteiger partial charge is 0.163 e. The zero-order valence-electron chi connectivity index (χ0n) is 7.83. The molecule has 1 aromatic rings. The molecule has 0 aliphatic carbocycles. The van der Waals surface area contributed by atoms with Crippen molar-refractivity contribution < 1.29 is 18.7 Å². The van der Waals surface area contributed by atoms with Crippen LogP contribution in [-0.4, -0.2) is 19.2 Å². The van der Waals surface area contributed by atoms with Gasteiger partial charge in [0.15, 0.2) is 12.1 Å². The highest BCUT2D eigenvalue weighted by molar-refractivity contribution is 5.99. The Kier molecular flexibility index (Phi) is 2.96. The Balaban J connectivity index is 3.46. The van der Waals surface area contributed by atoms with E-state index in [-0.39, 0.29) is 22.7 Å². The number of rotatable bonds is 3. The summed E-state index contributed by atoms with van der Waals surface area (Å²) in [6.07, 6.45) is 0.453. The molecule has 1 rings (SSSR count). The van der Waals surface area contributed by atoms with E-state index in [1.807, 2.05) is 0 Å². The van der Waals surface area contributed by atoms with Crippen molar-refractivity contribution in [2.45, 2.75) is 6.92 Å². The van der Waals surface area contributed by atoms with Crippen molar-refractivity contribution in [1.82, 2.24) is 0 Å². The van der Waals surface area contributed by atoms with Crippen LogP contribution in [0.3, 0.4) is 0 Å². The Labute approximate surface area is 80.5 Å². The van der Waals surface area contributed by atoms with Gasteiger partial charge >= 0.3 is 0 Å². The molecule has 0 atom stereocenters. The predicted octanol–water partition coefficient (Wildman–Crippen LogP) is 1.85. The predicted molar refractivity (Wildman–Crippen MR) is 48.3 cm³/mol. The normalized spacial score (nSPS) is 9.64. The summed E-state index contributed by atoms with van der Waals surface area (Å²) in [5, 5.41) is 0. The molecule has 0 saturated carbocycles. The molecule has 0 N–H and O–H groups in total. The monoisotopic (exact) mass is 196 g/mol. The van der Waals surface area contributed by atoms with Gasteiger partial charge in [0, 0.05) is 0 Å². The molecule has 0 bridgehead atoms. The van der Waals surface area contributed by atoms with Crippen LogP contribution in [0.1, 0.15) is 27.6 Å². The third-order valence-electron chi connectivity index (χ3n) is 1.79. The summed E-state index contributed by atoms with van der Waals surface area (Å²) in [6.45, 7) is 1.28. The highest BCUT2D eigenvalue weighted by Crippen LogP contribution is 2.24. The van der Waals surface area contributed by atoms with Crippen molar-refractivity contribution in [1.29, 1.82) is 0 Å². The molecule has 0 fully saturated rings. The summed E-state index contributed by atoms with van der Waals surface area (Å²) in [7, 11) is 1.33. The molecule has 4 heteroatoms. The van der Waals surface area contributed by atoms with Gasteiger partial charge in [-0.3, -0.25) is 9.59 Å². The van der Waals surface area contributed by atoms with E-state index in [0.29, 0.717) is 6.29 Å². The van der Waals surface area contributed by atoms with Crippen molar-refractivity contribution in [2.24, 2.45) is 0 Å². The van der Waals surface area contributed by atoms with Gasteiger partial charge in [0.1, 0.15) is 11.6 Å². The van der Waals surface area contributed by atoms with Crippen LogP contribution < -0.4 is 4.74 Å². The number of Topliss-reactive ketones (excluding diaryl/α,β-unsaturated/α-hetero) is 1. The van der Waals surface area contributed by atoms with Gasteiger partial charge in [-0.2, -0.15) is 0 Å². The molecule has 1 aromatic carbocycles. The van der Waals surface area contributed by atoms with Crippen molar-refractivity contribution >= 4 is 12.1 Å². The first-order valence-electron chi connectivity index (χ1n) is 3.93. The summed E-state index contributed by atoms with van der Waals surface area (Å²) >= 11 is 0. The zero-order chi connectivity index (χ0) is 10.7. The van der Waals surface area contributed by atoms with Gasteiger partial charge in [0.05, 0.1) is 18.2 Å². The van der Waals surface area contributed by atoms with Crippen molar-refractivity contribution in [2.75, 3.05) is 7.11 Å². The maximum Gasteiger partial charge on any atom is 0.163 e. The van der Waals surface area contributed by atoms with Gasteiger partial charge in [0.25, 0.3) is 0 Å². The lowest BCUT2D eigenvalue weighted by Crippen LogP contribution is -2.02. The molecule has 0 amide bonds. The molecule has 0 aliphatic rings. The molecular weight excluding hydrogens is 187 g/mol. The fraction of sp³-hybridized carbons (Fsp3) is 0.200. The van der Waals surface area contributed by atoms with E-state index in [0.717, 1.165) is 12.1 Å². The summed E-state index contributed by atoms with van der Waals surface area (Å²) < 4.78 is 17.8. The molecule has 0 radical (unpaired) electrons. The second-order valence-electron chi connectivity index (χ2n) is 2.75. The Morgan fingerprint density at radius 1 is 1.50 bits per heavy atom. The number of halogens is 1. The molecule has 0 aromatic heterocycles. The first kappa shape index (κ1) is 10.4. The van der Waals surface area contributed by atoms with E-state index >= 15 is 0 Å². The number of hydrogen-bond acceptors (Lipinski definition) is 3. The standard InChI is InChI=1S/C10H9FO3/c1-6(13)9-4-8(11)3-7(5-12)10(9)14-2/h3-5H,1-2H3. The fourth-order valence-corrected chi connectivity index (χ4v) is 1.19. The molecule has 0 aliphatic heterocycles. The molecule has 0 unspecified atom stereocenters. The number of carbonyl (C=O) groups is 2. The number of ether oxygens (including phenoxy) is 1. The third kappa shape index (κ3) is 1.79. The van der Waals surface area contributed by atoms with E-state index in [9.17, 15) is 14.0 Å². The van der Waals surface area contributed by atoms with Gasteiger partial charge in [-0.25, -0.2) is 4.39 Å². The van der Waals surface area contributed by atoms with Crippen LogP contribution in [-0.2, 0) is 0 Å². The Morgan fingerprint density at radius 3 is 2.57 bits per heavy atom. The lowest BCUT2D eigenvalue weighted by atomic mass is 10.1. The number of aldehydes is 1. The molecule has 74 valence electrons. The molecule has 0 saturated heterocycles. The van der Waals surface area contributed by atoms with Gasteiger partial charge < -0.3 is 4.74 Å². The number of benzene rings is 1. The van der Waals surface area contributed by atoms with Gasteiger partial charge in [-0.1, -0.05) is 0 Å². The van der Waals surface area contributed by atoms with E-state index in [4.69, 9.17) is 4.74 Å². The first-order valence-corrected chi connectivity index (χ1v) is 3.93. The molecule has 14 heavy (non-hydrogen) atoms. The van der Waals surface area contributed by atoms with Crippen LogP contribution in [0.2, 0.25) is 0 Å². The molecular formula is C10H9FO3. The first-order chi connectivity index (χ1) is 6.60. The van der Waals surface area contributed by atoms with E-state index in [1.165, 1.54) is 14.0 Å². The van der Waals surface area contributed by atoms with Crippen LogP contribution in [0.5, 0.6) is 5.75 Å². The average molecular weight is 196 g/mol. The third-order valence-corrected chi connectivity index (χ3v) is 1.79. The van der Waals surface area contributed by atoms with Crippen molar-refractivity contribution in [3.05, 3.63) is 29.1 Å². The lowest BCUT2D eigenvalue weighted by Gasteiger charge is -2.07. The quantitative estimate of drug-likeness (QED) is 0.547. The summed E-state index contributed by atoms with van der Waals surface area (Å²) in [5.41, 5.74) is 0.118. The molecule has 0 heterocycles. The van der Waals surface area contributed by atoms with Gasteiger partial charge in [-0.15, -0.1) is 0 Å². The van der Waals surface area contributed by atoms with E-state index in [1.54, 1.807) is 0 Å². The van der Waals surface area contributed by atoms with Crippen LogP contribution in [0, 0.1) is 5.82 Å². The minimum absolute atomic E-state index is 0.0395. The summed E-state index contributed by atoms with van der Waals surface area (Å²) in [6, 6.07) is 2.08. The Morgan fingerprint density at radius 2 is 2.14 bits per heavy atom. The Bertz CT molecular complexity index is 385. The summed E-state index contributed by atoms with van der Waals surface area (Å²) in [5.74, 6) is -0.851. The second kappa shape index (κ2) is 4.00.